The summed E-state index contributed by atoms with van der Waals surface area (Å²) in [7, 11) is 0. The number of piperidine rings is 1. The van der Waals surface area contributed by atoms with Crippen molar-refractivity contribution in [3.63, 3.8) is 0 Å². The largest absolute Gasteiger partial charge is 0.491 e. The van der Waals surface area contributed by atoms with Gasteiger partial charge in [0.1, 0.15) is 19.0 Å². The van der Waals surface area contributed by atoms with Crippen LogP contribution in [0.4, 0.5) is 22.4 Å². The van der Waals surface area contributed by atoms with Gasteiger partial charge in [-0.25, -0.2) is 9.18 Å². The number of alkyl halides is 4. The van der Waals surface area contributed by atoms with Gasteiger partial charge in [-0.3, -0.25) is 4.90 Å². The third-order valence-electron chi connectivity index (χ3n) is 6.07. The maximum absolute atomic E-state index is 12.6. The number of carbonyl (C=O) groups excluding carboxylic acids is 1. The van der Waals surface area contributed by atoms with E-state index in [1.807, 2.05) is 24.3 Å². The van der Waals surface area contributed by atoms with Gasteiger partial charge in [0.15, 0.2) is 6.10 Å². The number of amides is 1. The Labute approximate surface area is 173 Å². The van der Waals surface area contributed by atoms with E-state index >= 15 is 0 Å². The van der Waals surface area contributed by atoms with Gasteiger partial charge in [-0.15, -0.1) is 0 Å². The zero-order chi connectivity index (χ0) is 21.8. The van der Waals surface area contributed by atoms with E-state index in [2.05, 4.69) is 9.64 Å². The van der Waals surface area contributed by atoms with Crippen molar-refractivity contribution in [2.75, 3.05) is 32.9 Å². The van der Waals surface area contributed by atoms with Crippen LogP contribution in [0.25, 0.3) is 0 Å². The van der Waals surface area contributed by atoms with Crippen molar-refractivity contribution in [2.24, 2.45) is 0 Å². The van der Waals surface area contributed by atoms with Gasteiger partial charge >= 0.3 is 12.3 Å². The molecule has 2 fully saturated rings. The van der Waals surface area contributed by atoms with Gasteiger partial charge in [-0.05, 0) is 56.8 Å². The van der Waals surface area contributed by atoms with Gasteiger partial charge in [0.2, 0.25) is 0 Å². The lowest BCUT2D eigenvalue weighted by molar-refractivity contribution is -0.200. The number of ether oxygens (including phenoxy) is 2. The van der Waals surface area contributed by atoms with Crippen LogP contribution >= 0.6 is 0 Å². The lowest BCUT2D eigenvalue weighted by atomic mass is 9.85. The van der Waals surface area contributed by atoms with Crippen LogP contribution in [0, 0.1) is 0 Å². The number of rotatable bonds is 6. The molecule has 168 valence electrons. The summed E-state index contributed by atoms with van der Waals surface area (Å²) in [6.07, 6.45) is -4.09. The molecule has 1 aromatic rings. The number of halogens is 4. The zero-order valence-corrected chi connectivity index (χ0v) is 17.1. The maximum Gasteiger partial charge on any atom is 0.425 e. The fourth-order valence-electron chi connectivity index (χ4n) is 4.27. The monoisotopic (exact) mass is 432 g/mol. The molecular formula is C21H28F4N2O3. The average Bonchev–Trinajstić information content (AvgIpc) is 3.08. The van der Waals surface area contributed by atoms with Crippen molar-refractivity contribution >= 4 is 6.09 Å². The van der Waals surface area contributed by atoms with Crippen LogP contribution < -0.4 is 4.74 Å². The van der Waals surface area contributed by atoms with Crippen molar-refractivity contribution in [2.45, 2.75) is 57.0 Å². The Hall–Kier alpha value is -2.03. The highest BCUT2D eigenvalue weighted by molar-refractivity contribution is 5.68. The normalized spacial score (nSPS) is 20.4. The van der Waals surface area contributed by atoms with E-state index in [1.165, 1.54) is 4.90 Å². The molecule has 2 aliphatic rings. The van der Waals surface area contributed by atoms with E-state index in [9.17, 15) is 22.4 Å². The third-order valence-corrected chi connectivity index (χ3v) is 6.07. The topological polar surface area (TPSA) is 42.0 Å². The average molecular weight is 432 g/mol. The molecule has 30 heavy (non-hydrogen) atoms. The molecule has 0 aliphatic carbocycles. The zero-order valence-electron chi connectivity index (χ0n) is 17.1. The minimum Gasteiger partial charge on any atom is -0.491 e. The van der Waals surface area contributed by atoms with Crippen LogP contribution in [-0.2, 0) is 11.3 Å². The summed E-state index contributed by atoms with van der Waals surface area (Å²) in [5.41, 5.74) is 1.07. The fraction of sp³-hybridized carbons (Fsp3) is 0.667. The number of benzene rings is 1. The summed E-state index contributed by atoms with van der Waals surface area (Å²) in [6, 6.07) is 7.58. The number of carbonyl (C=O) groups is 1. The smallest absolute Gasteiger partial charge is 0.425 e. The Morgan fingerprint density at radius 1 is 1.13 bits per heavy atom. The molecule has 1 unspecified atom stereocenters. The first-order valence-electron chi connectivity index (χ1n) is 10.3. The number of hydrogen-bond acceptors (Lipinski definition) is 4. The number of hydrogen-bond donors (Lipinski definition) is 0. The minimum absolute atomic E-state index is 0.0370. The highest BCUT2D eigenvalue weighted by atomic mass is 19.4. The van der Waals surface area contributed by atoms with Crippen molar-refractivity contribution < 1.29 is 31.8 Å². The maximum atomic E-state index is 12.6. The van der Waals surface area contributed by atoms with Gasteiger partial charge < -0.3 is 14.4 Å². The Balaban J connectivity index is 1.55. The molecule has 0 saturated carbocycles. The van der Waals surface area contributed by atoms with Crippen molar-refractivity contribution in [1.82, 2.24) is 9.80 Å². The molecule has 5 nitrogen and oxygen atoms in total. The van der Waals surface area contributed by atoms with Crippen LogP contribution in [0.15, 0.2) is 24.3 Å². The standard InChI is InChI=1S/C21H28F4N2O3/c1-16(21(23,24)25)30-19(28)26-12-8-20(9-13-26)7-2-11-27(20)15-17-3-5-18(6-4-17)29-14-10-22/h3-6,16H,2,7-15H2,1H3. The Bertz CT molecular complexity index is 703. The highest BCUT2D eigenvalue weighted by Gasteiger charge is 2.45. The lowest BCUT2D eigenvalue weighted by Gasteiger charge is -2.45. The summed E-state index contributed by atoms with van der Waals surface area (Å²) >= 11 is 0. The molecule has 3 rings (SSSR count). The van der Waals surface area contributed by atoms with Crippen LogP contribution in [0.1, 0.15) is 38.2 Å². The second kappa shape index (κ2) is 9.41. The molecule has 2 aliphatic heterocycles. The van der Waals surface area contributed by atoms with Gasteiger partial charge in [-0.1, -0.05) is 12.1 Å². The highest BCUT2D eigenvalue weighted by Crippen LogP contribution is 2.39. The van der Waals surface area contributed by atoms with E-state index in [-0.39, 0.29) is 12.1 Å². The minimum atomic E-state index is -4.55. The van der Waals surface area contributed by atoms with E-state index in [0.717, 1.165) is 38.4 Å². The first-order valence-corrected chi connectivity index (χ1v) is 10.3. The molecule has 0 N–H and O–H groups in total. The summed E-state index contributed by atoms with van der Waals surface area (Å²) in [6.45, 7) is 2.81. The molecule has 1 atom stereocenters. The Kier molecular flexibility index (Phi) is 7.10. The summed E-state index contributed by atoms with van der Waals surface area (Å²) in [5.74, 6) is 0.632. The lowest BCUT2D eigenvalue weighted by Crippen LogP contribution is -2.53. The quantitative estimate of drug-likeness (QED) is 0.619. The molecule has 9 heteroatoms. The van der Waals surface area contributed by atoms with Gasteiger partial charge in [0.05, 0.1) is 0 Å². The molecule has 2 saturated heterocycles. The van der Waals surface area contributed by atoms with Gasteiger partial charge in [0, 0.05) is 25.2 Å². The molecule has 2 heterocycles. The van der Waals surface area contributed by atoms with E-state index < -0.39 is 25.0 Å². The van der Waals surface area contributed by atoms with Gasteiger partial charge in [-0.2, -0.15) is 13.2 Å². The first kappa shape index (κ1) is 22.7. The number of likely N-dealkylation sites (tertiary alicyclic amines) is 2. The first-order chi connectivity index (χ1) is 14.2. The summed E-state index contributed by atoms with van der Waals surface area (Å²) in [4.78, 5) is 15.9. The number of nitrogens with zero attached hydrogens (tertiary/aromatic N) is 2. The fourth-order valence-corrected chi connectivity index (χ4v) is 4.27. The predicted octanol–water partition coefficient (Wildman–Crippen LogP) is 4.55. The van der Waals surface area contributed by atoms with Crippen molar-refractivity contribution in [3.05, 3.63) is 29.8 Å². The second-order valence-electron chi connectivity index (χ2n) is 7.99. The van der Waals surface area contributed by atoms with Gasteiger partial charge in [0.25, 0.3) is 0 Å². The van der Waals surface area contributed by atoms with Crippen LogP contribution in [0.3, 0.4) is 0 Å². The van der Waals surface area contributed by atoms with Crippen molar-refractivity contribution in [3.8, 4) is 5.75 Å². The SMILES string of the molecule is CC(OC(=O)N1CCC2(CCCN2Cc2ccc(OCCF)cc2)CC1)C(F)(F)F. The molecular weight excluding hydrogens is 404 g/mol. The van der Waals surface area contributed by atoms with E-state index in [1.54, 1.807) is 0 Å². The molecule has 0 bridgehead atoms. The Morgan fingerprint density at radius 2 is 1.80 bits per heavy atom. The molecule has 1 aromatic carbocycles. The van der Waals surface area contributed by atoms with E-state index in [0.29, 0.717) is 31.7 Å². The molecule has 0 aromatic heterocycles. The summed E-state index contributed by atoms with van der Waals surface area (Å²) in [5, 5.41) is 0. The van der Waals surface area contributed by atoms with Crippen LogP contribution in [0.2, 0.25) is 0 Å². The van der Waals surface area contributed by atoms with Crippen LogP contribution in [0.5, 0.6) is 5.75 Å². The van der Waals surface area contributed by atoms with E-state index in [4.69, 9.17) is 4.74 Å². The third kappa shape index (κ3) is 5.36. The molecule has 1 amide bonds. The van der Waals surface area contributed by atoms with Crippen LogP contribution in [-0.4, -0.2) is 66.6 Å². The predicted molar refractivity (Wildman–Crippen MR) is 103 cm³/mol. The van der Waals surface area contributed by atoms with Crippen molar-refractivity contribution in [1.29, 1.82) is 0 Å². The molecule has 1 spiro atoms. The summed E-state index contributed by atoms with van der Waals surface area (Å²) < 4.78 is 60.0. The Morgan fingerprint density at radius 3 is 2.40 bits per heavy atom. The molecule has 0 radical (unpaired) electrons. The second-order valence-corrected chi connectivity index (χ2v) is 7.99.